The fraction of sp³-hybridized carbons (Fsp3) is 0.250. The van der Waals surface area contributed by atoms with Crippen molar-refractivity contribution in [1.82, 2.24) is 5.32 Å². The molecule has 0 atom stereocenters. The summed E-state index contributed by atoms with van der Waals surface area (Å²) in [6.07, 6.45) is 2.25. The van der Waals surface area contributed by atoms with Crippen molar-refractivity contribution in [2.45, 2.75) is 25.4 Å². The molecule has 0 amide bonds. The van der Waals surface area contributed by atoms with Gasteiger partial charge in [-0.3, -0.25) is 0 Å². The minimum atomic E-state index is -0.634. The van der Waals surface area contributed by atoms with Crippen molar-refractivity contribution < 1.29 is 13.2 Å². The summed E-state index contributed by atoms with van der Waals surface area (Å²) in [6.45, 7) is 0.496. The Bertz CT molecular complexity index is 615. The first-order valence-corrected chi connectivity index (χ1v) is 6.60. The number of halogens is 3. The van der Waals surface area contributed by atoms with Crippen molar-refractivity contribution in [2.24, 2.45) is 0 Å². The molecular formula is C16H14F3N. The van der Waals surface area contributed by atoms with E-state index in [-0.39, 0.29) is 5.82 Å². The molecule has 2 aromatic carbocycles. The molecule has 104 valence electrons. The second-order valence-corrected chi connectivity index (χ2v) is 5.11. The maximum atomic E-state index is 13.4. The molecule has 4 heteroatoms. The van der Waals surface area contributed by atoms with Gasteiger partial charge in [-0.15, -0.1) is 0 Å². The van der Waals surface area contributed by atoms with Crippen molar-refractivity contribution in [1.29, 1.82) is 0 Å². The Morgan fingerprint density at radius 2 is 1.60 bits per heavy atom. The van der Waals surface area contributed by atoms with E-state index < -0.39 is 11.6 Å². The summed E-state index contributed by atoms with van der Waals surface area (Å²) in [7, 11) is 0. The zero-order valence-corrected chi connectivity index (χ0v) is 10.8. The average molecular weight is 277 g/mol. The van der Waals surface area contributed by atoms with E-state index in [2.05, 4.69) is 5.32 Å². The zero-order valence-electron chi connectivity index (χ0n) is 10.8. The SMILES string of the molecule is Fc1cc(F)cc(-c2ccc(F)cc2CNC2CC2)c1. The predicted molar refractivity (Wildman–Crippen MR) is 71.6 cm³/mol. The number of nitrogens with one attached hydrogen (secondary N) is 1. The molecule has 0 saturated heterocycles. The van der Waals surface area contributed by atoms with E-state index in [9.17, 15) is 13.2 Å². The third kappa shape index (κ3) is 3.02. The van der Waals surface area contributed by atoms with Crippen LogP contribution in [0.5, 0.6) is 0 Å². The van der Waals surface area contributed by atoms with Crippen LogP contribution in [0.2, 0.25) is 0 Å². The number of benzene rings is 2. The van der Waals surface area contributed by atoms with Crippen molar-refractivity contribution in [3.05, 3.63) is 59.4 Å². The highest BCUT2D eigenvalue weighted by Gasteiger charge is 2.20. The second-order valence-electron chi connectivity index (χ2n) is 5.11. The Kier molecular flexibility index (Phi) is 3.49. The summed E-state index contributed by atoms with van der Waals surface area (Å²) in [5.41, 5.74) is 1.79. The topological polar surface area (TPSA) is 12.0 Å². The van der Waals surface area contributed by atoms with Crippen LogP contribution in [0.25, 0.3) is 11.1 Å². The average Bonchev–Trinajstić information content (AvgIpc) is 3.19. The van der Waals surface area contributed by atoms with Crippen LogP contribution in [-0.4, -0.2) is 6.04 Å². The van der Waals surface area contributed by atoms with Crippen LogP contribution >= 0.6 is 0 Å². The van der Waals surface area contributed by atoms with Crippen molar-refractivity contribution in [2.75, 3.05) is 0 Å². The van der Waals surface area contributed by atoms with Gasteiger partial charge in [-0.05, 0) is 53.8 Å². The molecule has 1 aliphatic rings. The standard InChI is InChI=1S/C16H14F3N/c17-12-1-4-16(10-5-13(18)8-14(19)6-10)11(7-12)9-20-15-2-3-15/h1,4-8,15,20H,2-3,9H2. The van der Waals surface area contributed by atoms with E-state index in [1.54, 1.807) is 6.07 Å². The molecule has 1 aliphatic carbocycles. The first-order chi connectivity index (χ1) is 9.61. The van der Waals surface area contributed by atoms with E-state index in [4.69, 9.17) is 0 Å². The van der Waals surface area contributed by atoms with Crippen LogP contribution in [0.1, 0.15) is 18.4 Å². The molecule has 1 fully saturated rings. The van der Waals surface area contributed by atoms with E-state index in [0.29, 0.717) is 29.3 Å². The number of rotatable bonds is 4. The third-order valence-corrected chi connectivity index (χ3v) is 3.40. The highest BCUT2D eigenvalue weighted by Crippen LogP contribution is 2.27. The Balaban J connectivity index is 1.97. The lowest BCUT2D eigenvalue weighted by Gasteiger charge is -2.11. The first kappa shape index (κ1) is 13.2. The van der Waals surface area contributed by atoms with Gasteiger partial charge in [-0.1, -0.05) is 6.07 Å². The van der Waals surface area contributed by atoms with Gasteiger partial charge in [0.1, 0.15) is 17.5 Å². The molecule has 0 unspecified atom stereocenters. The predicted octanol–water partition coefficient (Wildman–Crippen LogP) is 4.02. The second kappa shape index (κ2) is 5.29. The molecule has 20 heavy (non-hydrogen) atoms. The number of hydrogen-bond donors (Lipinski definition) is 1. The summed E-state index contributed by atoms with van der Waals surface area (Å²) >= 11 is 0. The monoisotopic (exact) mass is 277 g/mol. The van der Waals surface area contributed by atoms with Crippen LogP contribution < -0.4 is 5.32 Å². The number of hydrogen-bond acceptors (Lipinski definition) is 1. The molecule has 1 saturated carbocycles. The van der Waals surface area contributed by atoms with Gasteiger partial charge in [-0.25, -0.2) is 13.2 Å². The van der Waals surface area contributed by atoms with Gasteiger partial charge < -0.3 is 5.32 Å². The highest BCUT2D eigenvalue weighted by atomic mass is 19.1. The molecule has 1 N–H and O–H groups in total. The third-order valence-electron chi connectivity index (χ3n) is 3.40. The van der Waals surface area contributed by atoms with Gasteiger partial charge in [0.15, 0.2) is 0 Å². The molecule has 0 bridgehead atoms. The van der Waals surface area contributed by atoms with Gasteiger partial charge >= 0.3 is 0 Å². The Hall–Kier alpha value is -1.81. The largest absolute Gasteiger partial charge is 0.310 e. The van der Waals surface area contributed by atoms with Crippen molar-refractivity contribution in [3.8, 4) is 11.1 Å². The smallest absolute Gasteiger partial charge is 0.126 e. The van der Waals surface area contributed by atoms with Gasteiger partial charge in [0.2, 0.25) is 0 Å². The molecule has 0 aliphatic heterocycles. The minimum absolute atomic E-state index is 0.349. The summed E-state index contributed by atoms with van der Waals surface area (Å²) < 4.78 is 40.0. The first-order valence-electron chi connectivity index (χ1n) is 6.60. The van der Waals surface area contributed by atoms with Crippen LogP contribution in [0.3, 0.4) is 0 Å². The lowest BCUT2D eigenvalue weighted by molar-refractivity contribution is 0.584. The molecule has 1 nitrogen and oxygen atoms in total. The summed E-state index contributed by atoms with van der Waals surface area (Å²) in [5, 5.41) is 3.29. The Morgan fingerprint density at radius 1 is 0.900 bits per heavy atom. The molecular weight excluding hydrogens is 263 g/mol. The maximum Gasteiger partial charge on any atom is 0.126 e. The summed E-state index contributed by atoms with van der Waals surface area (Å²) in [6, 6.07) is 8.11. The lowest BCUT2D eigenvalue weighted by atomic mass is 9.99. The fourth-order valence-electron chi connectivity index (χ4n) is 2.24. The van der Waals surface area contributed by atoms with E-state index in [0.717, 1.165) is 18.9 Å². The van der Waals surface area contributed by atoms with Crippen LogP contribution in [-0.2, 0) is 6.54 Å². The fourth-order valence-corrected chi connectivity index (χ4v) is 2.24. The lowest BCUT2D eigenvalue weighted by Crippen LogP contribution is -2.16. The molecule has 0 spiro atoms. The van der Waals surface area contributed by atoms with Crippen LogP contribution in [0.15, 0.2) is 36.4 Å². The minimum Gasteiger partial charge on any atom is -0.310 e. The zero-order chi connectivity index (χ0) is 14.1. The molecule has 0 heterocycles. The van der Waals surface area contributed by atoms with Gasteiger partial charge in [0, 0.05) is 18.7 Å². The van der Waals surface area contributed by atoms with E-state index in [1.165, 1.54) is 24.3 Å². The molecule has 3 rings (SSSR count). The van der Waals surface area contributed by atoms with Crippen LogP contribution in [0, 0.1) is 17.5 Å². The highest BCUT2D eigenvalue weighted by molar-refractivity contribution is 5.67. The molecule has 0 aromatic heterocycles. The van der Waals surface area contributed by atoms with E-state index >= 15 is 0 Å². The van der Waals surface area contributed by atoms with Crippen LogP contribution in [0.4, 0.5) is 13.2 Å². The maximum absolute atomic E-state index is 13.4. The normalized spacial score (nSPS) is 14.6. The van der Waals surface area contributed by atoms with Crippen molar-refractivity contribution >= 4 is 0 Å². The van der Waals surface area contributed by atoms with E-state index in [1.807, 2.05) is 0 Å². The van der Waals surface area contributed by atoms with Crippen molar-refractivity contribution in [3.63, 3.8) is 0 Å². The van der Waals surface area contributed by atoms with Gasteiger partial charge in [-0.2, -0.15) is 0 Å². The van der Waals surface area contributed by atoms with Gasteiger partial charge in [0.25, 0.3) is 0 Å². The van der Waals surface area contributed by atoms with Gasteiger partial charge in [0.05, 0.1) is 0 Å². The quantitative estimate of drug-likeness (QED) is 0.890. The Labute approximate surface area is 115 Å². The summed E-state index contributed by atoms with van der Waals surface area (Å²) in [4.78, 5) is 0. The Morgan fingerprint density at radius 3 is 2.25 bits per heavy atom. The molecule has 0 radical (unpaired) electrons. The summed E-state index contributed by atoms with van der Waals surface area (Å²) in [5.74, 6) is -1.62. The molecule has 2 aromatic rings.